The van der Waals surface area contributed by atoms with Gasteiger partial charge in [-0.3, -0.25) is 14.8 Å². The van der Waals surface area contributed by atoms with Crippen LogP contribution in [0.15, 0.2) is 22.7 Å². The average Bonchev–Trinajstić information content (AvgIpc) is 2.70. The smallest absolute Gasteiger partial charge is 0.314 e. The van der Waals surface area contributed by atoms with E-state index < -0.39 is 4.92 Å². The zero-order valence-corrected chi connectivity index (χ0v) is 13.4. The Morgan fingerprint density at radius 1 is 1.48 bits per heavy atom. The van der Waals surface area contributed by atoms with E-state index in [1.54, 1.807) is 17.8 Å². The molecule has 0 bridgehead atoms. The number of hydrogen-bond donors (Lipinski definition) is 0. The molecule has 0 N–H and O–H groups in total. The minimum Gasteiger partial charge on any atom is -0.496 e. The molecule has 2 aromatic rings. The quantitative estimate of drug-likeness (QED) is 0.608. The molecule has 1 aromatic heterocycles. The Balaban J connectivity index is 2.25. The predicted octanol–water partition coefficient (Wildman–Crippen LogP) is 2.99. The monoisotopic (exact) mass is 355 g/mol. The first-order valence-electron chi connectivity index (χ1n) is 6.07. The summed E-state index contributed by atoms with van der Waals surface area (Å²) in [5, 5.41) is 15.3. The SMILES string of the molecule is COc1ccc(OCc2c(Br)c(C)nn2C)c([N+](=O)[O-])c1. The van der Waals surface area contributed by atoms with Crippen LogP contribution in [0, 0.1) is 17.0 Å². The molecule has 8 heteroatoms. The number of hydrogen-bond acceptors (Lipinski definition) is 5. The number of halogens is 1. The van der Waals surface area contributed by atoms with Crippen LogP contribution in [0.4, 0.5) is 5.69 Å². The number of ether oxygens (including phenoxy) is 2. The molecule has 0 fully saturated rings. The first-order valence-corrected chi connectivity index (χ1v) is 6.86. The third-order valence-corrected chi connectivity index (χ3v) is 4.02. The molecule has 0 atom stereocenters. The third-order valence-electron chi connectivity index (χ3n) is 2.99. The lowest BCUT2D eigenvalue weighted by atomic mass is 10.3. The number of nitro benzene ring substituents is 1. The molecule has 1 aromatic carbocycles. The Kier molecular flexibility index (Phi) is 4.46. The van der Waals surface area contributed by atoms with Crippen molar-refractivity contribution < 1.29 is 14.4 Å². The van der Waals surface area contributed by atoms with Gasteiger partial charge in [0.1, 0.15) is 12.4 Å². The van der Waals surface area contributed by atoms with Crippen molar-refractivity contribution in [3.8, 4) is 11.5 Å². The molecule has 2 rings (SSSR count). The third kappa shape index (κ3) is 3.15. The Morgan fingerprint density at radius 3 is 2.71 bits per heavy atom. The number of aromatic nitrogens is 2. The highest BCUT2D eigenvalue weighted by Gasteiger charge is 2.18. The van der Waals surface area contributed by atoms with Crippen LogP contribution in [0.1, 0.15) is 11.4 Å². The van der Waals surface area contributed by atoms with E-state index in [1.165, 1.54) is 19.2 Å². The normalized spacial score (nSPS) is 10.5. The van der Waals surface area contributed by atoms with Crippen molar-refractivity contribution in [2.45, 2.75) is 13.5 Å². The summed E-state index contributed by atoms with van der Waals surface area (Å²) < 4.78 is 13.1. The van der Waals surface area contributed by atoms with E-state index in [0.29, 0.717) is 5.75 Å². The Morgan fingerprint density at radius 2 is 2.19 bits per heavy atom. The molecule has 0 aliphatic rings. The molecule has 0 saturated heterocycles. The van der Waals surface area contributed by atoms with Crippen molar-refractivity contribution in [2.24, 2.45) is 7.05 Å². The second-order valence-corrected chi connectivity index (χ2v) is 5.14. The lowest BCUT2D eigenvalue weighted by Gasteiger charge is -2.08. The second kappa shape index (κ2) is 6.13. The number of nitro groups is 1. The molecule has 0 unspecified atom stereocenters. The van der Waals surface area contributed by atoms with Gasteiger partial charge in [-0.25, -0.2) is 0 Å². The maximum Gasteiger partial charge on any atom is 0.314 e. The van der Waals surface area contributed by atoms with Crippen LogP contribution >= 0.6 is 15.9 Å². The molecule has 0 aliphatic heterocycles. The van der Waals surface area contributed by atoms with E-state index in [-0.39, 0.29) is 18.0 Å². The van der Waals surface area contributed by atoms with Gasteiger partial charge in [0.15, 0.2) is 5.75 Å². The summed E-state index contributed by atoms with van der Waals surface area (Å²) in [5.41, 5.74) is 1.50. The molecule has 0 saturated carbocycles. The van der Waals surface area contributed by atoms with Gasteiger partial charge < -0.3 is 9.47 Å². The summed E-state index contributed by atoms with van der Waals surface area (Å²) in [6.45, 7) is 2.04. The standard InChI is InChI=1S/C13H14BrN3O4/c1-8-13(14)11(16(2)15-8)7-21-12-5-4-9(20-3)6-10(12)17(18)19/h4-6H,7H2,1-3H3. The highest BCUT2D eigenvalue weighted by molar-refractivity contribution is 9.10. The fraction of sp³-hybridized carbons (Fsp3) is 0.308. The topological polar surface area (TPSA) is 79.4 Å². The maximum atomic E-state index is 11.1. The van der Waals surface area contributed by atoms with Crippen LogP contribution in [0.5, 0.6) is 11.5 Å². The molecule has 21 heavy (non-hydrogen) atoms. The van der Waals surface area contributed by atoms with E-state index in [1.807, 2.05) is 6.92 Å². The van der Waals surface area contributed by atoms with Crippen LogP contribution in [-0.2, 0) is 13.7 Å². The zero-order valence-electron chi connectivity index (χ0n) is 11.8. The molecule has 7 nitrogen and oxygen atoms in total. The number of rotatable bonds is 5. The molecule has 0 aliphatic carbocycles. The Labute approximate surface area is 129 Å². The van der Waals surface area contributed by atoms with E-state index in [4.69, 9.17) is 9.47 Å². The van der Waals surface area contributed by atoms with Gasteiger partial charge in [-0.2, -0.15) is 5.10 Å². The van der Waals surface area contributed by atoms with Gasteiger partial charge in [0.25, 0.3) is 0 Å². The minimum absolute atomic E-state index is 0.135. The average molecular weight is 356 g/mol. The fourth-order valence-electron chi connectivity index (χ4n) is 1.87. The summed E-state index contributed by atoms with van der Waals surface area (Å²) in [7, 11) is 3.24. The van der Waals surface area contributed by atoms with E-state index in [0.717, 1.165) is 15.9 Å². The summed E-state index contributed by atoms with van der Waals surface area (Å²) in [6.07, 6.45) is 0. The van der Waals surface area contributed by atoms with Crippen LogP contribution in [0.3, 0.4) is 0 Å². The molecule has 0 spiro atoms. The fourth-order valence-corrected chi connectivity index (χ4v) is 2.32. The van der Waals surface area contributed by atoms with Crippen LogP contribution < -0.4 is 9.47 Å². The first-order chi connectivity index (χ1) is 9.93. The van der Waals surface area contributed by atoms with Crippen molar-refractivity contribution in [1.82, 2.24) is 9.78 Å². The maximum absolute atomic E-state index is 11.1. The van der Waals surface area contributed by atoms with Gasteiger partial charge >= 0.3 is 5.69 Å². The second-order valence-electron chi connectivity index (χ2n) is 4.35. The van der Waals surface area contributed by atoms with Gasteiger partial charge in [-0.05, 0) is 35.0 Å². The van der Waals surface area contributed by atoms with Crippen LogP contribution in [0.25, 0.3) is 0 Å². The summed E-state index contributed by atoms with van der Waals surface area (Å²) in [6, 6.07) is 4.47. The van der Waals surface area contributed by atoms with Crippen molar-refractivity contribution in [2.75, 3.05) is 7.11 Å². The largest absolute Gasteiger partial charge is 0.496 e. The highest BCUT2D eigenvalue weighted by Crippen LogP contribution is 2.32. The number of benzene rings is 1. The minimum atomic E-state index is -0.499. The van der Waals surface area contributed by atoms with Gasteiger partial charge in [0, 0.05) is 7.05 Å². The van der Waals surface area contributed by atoms with Crippen molar-refractivity contribution in [1.29, 1.82) is 0 Å². The van der Waals surface area contributed by atoms with Gasteiger partial charge in [-0.1, -0.05) is 0 Å². The molecule has 0 amide bonds. The summed E-state index contributed by atoms with van der Waals surface area (Å²) in [4.78, 5) is 10.6. The molecular formula is C13H14BrN3O4. The van der Waals surface area contributed by atoms with Crippen molar-refractivity contribution in [3.63, 3.8) is 0 Å². The molecular weight excluding hydrogens is 342 g/mol. The first kappa shape index (κ1) is 15.3. The number of nitrogens with zero attached hydrogens (tertiary/aromatic N) is 3. The van der Waals surface area contributed by atoms with Gasteiger partial charge in [-0.15, -0.1) is 0 Å². The number of methoxy groups -OCH3 is 1. The highest BCUT2D eigenvalue weighted by atomic mass is 79.9. The van der Waals surface area contributed by atoms with E-state index in [2.05, 4.69) is 21.0 Å². The number of aryl methyl sites for hydroxylation is 2. The summed E-state index contributed by atoms with van der Waals surface area (Å²) >= 11 is 3.43. The van der Waals surface area contributed by atoms with Gasteiger partial charge in [0.2, 0.25) is 0 Å². The zero-order chi connectivity index (χ0) is 15.6. The van der Waals surface area contributed by atoms with E-state index >= 15 is 0 Å². The lowest BCUT2D eigenvalue weighted by Crippen LogP contribution is -2.05. The van der Waals surface area contributed by atoms with Gasteiger partial charge in [0.05, 0.1) is 34.0 Å². The predicted molar refractivity (Wildman–Crippen MR) is 79.6 cm³/mol. The molecule has 1 heterocycles. The van der Waals surface area contributed by atoms with Crippen LogP contribution in [0.2, 0.25) is 0 Å². The van der Waals surface area contributed by atoms with Crippen molar-refractivity contribution >= 4 is 21.6 Å². The summed E-state index contributed by atoms with van der Waals surface area (Å²) in [5.74, 6) is 0.596. The van der Waals surface area contributed by atoms with Crippen molar-refractivity contribution in [3.05, 3.63) is 44.2 Å². The van der Waals surface area contributed by atoms with E-state index in [9.17, 15) is 10.1 Å². The van der Waals surface area contributed by atoms with Crippen LogP contribution in [-0.4, -0.2) is 21.8 Å². The molecule has 112 valence electrons. The Hall–Kier alpha value is -2.09. The Bertz CT molecular complexity index is 684. The molecule has 0 radical (unpaired) electrons. The lowest BCUT2D eigenvalue weighted by molar-refractivity contribution is -0.386.